The first kappa shape index (κ1) is 21.1. The number of piperidine rings is 1. The van der Waals surface area contributed by atoms with Gasteiger partial charge in [-0.2, -0.15) is 0 Å². The molecule has 0 aliphatic carbocycles. The molecule has 160 valence electrons. The van der Waals surface area contributed by atoms with Crippen molar-refractivity contribution >= 4 is 29.1 Å². The van der Waals surface area contributed by atoms with Crippen molar-refractivity contribution in [1.29, 1.82) is 0 Å². The number of amides is 2. The zero-order chi connectivity index (χ0) is 21.6. The number of benzene rings is 1. The molecule has 0 saturated carbocycles. The van der Waals surface area contributed by atoms with Crippen LogP contribution < -0.4 is 5.32 Å². The SMILES string of the molecule is O=C(Nc1ccncc1)C1CCN(C(=O)CCc2ncc(-c3ccccc3Cl)o2)CC1. The van der Waals surface area contributed by atoms with Crippen LogP contribution in [0.2, 0.25) is 5.02 Å². The Morgan fingerprint density at radius 3 is 2.61 bits per heavy atom. The zero-order valence-corrected chi connectivity index (χ0v) is 17.7. The smallest absolute Gasteiger partial charge is 0.227 e. The number of hydrogen-bond donors (Lipinski definition) is 1. The van der Waals surface area contributed by atoms with E-state index in [0.717, 1.165) is 11.3 Å². The first-order valence-electron chi connectivity index (χ1n) is 10.3. The topological polar surface area (TPSA) is 88.3 Å². The van der Waals surface area contributed by atoms with E-state index in [9.17, 15) is 9.59 Å². The number of nitrogens with zero attached hydrogens (tertiary/aromatic N) is 3. The van der Waals surface area contributed by atoms with Crippen molar-refractivity contribution in [3.63, 3.8) is 0 Å². The number of aromatic nitrogens is 2. The van der Waals surface area contributed by atoms with Gasteiger partial charge >= 0.3 is 0 Å². The maximum atomic E-state index is 12.6. The maximum Gasteiger partial charge on any atom is 0.227 e. The van der Waals surface area contributed by atoms with Crippen LogP contribution in [0.5, 0.6) is 0 Å². The van der Waals surface area contributed by atoms with Gasteiger partial charge in [-0.25, -0.2) is 4.98 Å². The Labute approximate surface area is 185 Å². The minimum atomic E-state index is -0.0952. The Balaban J connectivity index is 1.24. The number of rotatable bonds is 6. The molecular weight excluding hydrogens is 416 g/mol. The fourth-order valence-corrected chi connectivity index (χ4v) is 3.88. The lowest BCUT2D eigenvalue weighted by atomic mass is 9.95. The fraction of sp³-hybridized carbons (Fsp3) is 0.304. The Bertz CT molecular complexity index is 1050. The summed E-state index contributed by atoms with van der Waals surface area (Å²) in [7, 11) is 0. The Morgan fingerprint density at radius 1 is 1.13 bits per heavy atom. The largest absolute Gasteiger partial charge is 0.441 e. The summed E-state index contributed by atoms with van der Waals surface area (Å²) in [5.41, 5.74) is 1.52. The summed E-state index contributed by atoms with van der Waals surface area (Å²) >= 11 is 6.20. The third kappa shape index (κ3) is 5.30. The lowest BCUT2D eigenvalue weighted by Gasteiger charge is -2.31. The number of nitrogens with one attached hydrogen (secondary N) is 1. The molecule has 0 spiro atoms. The zero-order valence-electron chi connectivity index (χ0n) is 17.0. The van der Waals surface area contributed by atoms with E-state index >= 15 is 0 Å². The third-order valence-corrected chi connectivity index (χ3v) is 5.74. The van der Waals surface area contributed by atoms with Crippen molar-refractivity contribution in [2.45, 2.75) is 25.7 Å². The standard InChI is InChI=1S/C23H23ClN4O3/c24-19-4-2-1-3-18(19)20-15-26-21(31-20)5-6-22(29)28-13-9-16(10-14-28)23(30)27-17-7-11-25-12-8-17/h1-4,7-8,11-12,15-16H,5-6,9-10,13-14H2,(H,25,27,30). The molecule has 1 N–H and O–H groups in total. The molecule has 1 aliphatic rings. The van der Waals surface area contributed by atoms with Crippen LogP contribution in [0.1, 0.15) is 25.2 Å². The molecule has 0 radical (unpaired) electrons. The van der Waals surface area contributed by atoms with Gasteiger partial charge in [0.1, 0.15) is 0 Å². The molecule has 2 aromatic heterocycles. The predicted octanol–water partition coefficient (Wildman–Crippen LogP) is 4.20. The summed E-state index contributed by atoms with van der Waals surface area (Å²) < 4.78 is 5.77. The normalized spacial score (nSPS) is 14.4. The molecule has 3 aromatic rings. The lowest BCUT2D eigenvalue weighted by Crippen LogP contribution is -2.41. The van der Waals surface area contributed by atoms with Crippen LogP contribution in [-0.2, 0) is 16.0 Å². The van der Waals surface area contributed by atoms with Crippen molar-refractivity contribution in [1.82, 2.24) is 14.9 Å². The van der Waals surface area contributed by atoms with Crippen molar-refractivity contribution < 1.29 is 14.0 Å². The monoisotopic (exact) mass is 438 g/mol. The Kier molecular flexibility index (Phi) is 6.62. The summed E-state index contributed by atoms with van der Waals surface area (Å²) in [5, 5.41) is 3.50. The molecule has 0 bridgehead atoms. The second kappa shape index (κ2) is 9.75. The minimum Gasteiger partial charge on any atom is -0.441 e. The predicted molar refractivity (Wildman–Crippen MR) is 117 cm³/mol. The molecule has 1 aliphatic heterocycles. The number of aryl methyl sites for hydroxylation is 1. The first-order valence-corrected chi connectivity index (χ1v) is 10.7. The Morgan fingerprint density at radius 2 is 1.87 bits per heavy atom. The molecule has 1 fully saturated rings. The van der Waals surface area contributed by atoms with Gasteiger partial charge < -0.3 is 14.6 Å². The summed E-state index contributed by atoms with van der Waals surface area (Å²) in [6.07, 6.45) is 6.96. The van der Waals surface area contributed by atoms with Crippen molar-refractivity contribution in [2.75, 3.05) is 18.4 Å². The molecule has 31 heavy (non-hydrogen) atoms. The maximum absolute atomic E-state index is 12.6. The molecule has 2 amide bonds. The number of carbonyl (C=O) groups is 2. The lowest BCUT2D eigenvalue weighted by molar-refractivity contribution is -0.134. The fourth-order valence-electron chi connectivity index (χ4n) is 3.65. The summed E-state index contributed by atoms with van der Waals surface area (Å²) in [6, 6.07) is 10.9. The van der Waals surface area contributed by atoms with E-state index in [4.69, 9.17) is 16.0 Å². The van der Waals surface area contributed by atoms with Crippen LogP contribution in [0.3, 0.4) is 0 Å². The van der Waals surface area contributed by atoms with Gasteiger partial charge in [-0.05, 0) is 37.1 Å². The molecule has 1 aromatic carbocycles. The van der Waals surface area contributed by atoms with E-state index in [0.29, 0.717) is 55.4 Å². The van der Waals surface area contributed by atoms with Crippen LogP contribution in [0.25, 0.3) is 11.3 Å². The minimum absolute atomic E-state index is 0.00909. The third-order valence-electron chi connectivity index (χ3n) is 5.41. The second-order valence-corrected chi connectivity index (χ2v) is 7.89. The molecule has 3 heterocycles. The van der Waals surface area contributed by atoms with E-state index in [2.05, 4.69) is 15.3 Å². The van der Waals surface area contributed by atoms with E-state index in [1.165, 1.54) is 0 Å². The number of oxazole rings is 1. The summed E-state index contributed by atoms with van der Waals surface area (Å²) in [6.45, 7) is 1.15. The number of pyridine rings is 1. The van der Waals surface area contributed by atoms with Gasteiger partial charge in [0.2, 0.25) is 11.8 Å². The van der Waals surface area contributed by atoms with Crippen molar-refractivity contribution in [3.05, 3.63) is 65.9 Å². The summed E-state index contributed by atoms with van der Waals surface area (Å²) in [4.78, 5) is 35.1. The van der Waals surface area contributed by atoms with E-state index in [-0.39, 0.29) is 17.7 Å². The number of hydrogen-bond acceptors (Lipinski definition) is 5. The van der Waals surface area contributed by atoms with Crippen molar-refractivity contribution in [2.24, 2.45) is 5.92 Å². The average molecular weight is 439 g/mol. The van der Waals surface area contributed by atoms with Gasteiger partial charge in [-0.1, -0.05) is 23.7 Å². The summed E-state index contributed by atoms with van der Waals surface area (Å²) in [5.74, 6) is 1.04. The van der Waals surface area contributed by atoms with Crippen LogP contribution >= 0.6 is 11.6 Å². The molecule has 4 rings (SSSR count). The number of halogens is 1. The molecule has 8 heteroatoms. The highest BCUT2D eigenvalue weighted by atomic mass is 35.5. The second-order valence-electron chi connectivity index (χ2n) is 7.48. The van der Waals surface area contributed by atoms with Gasteiger partial charge in [-0.3, -0.25) is 14.6 Å². The Hall–Kier alpha value is -3.19. The molecular formula is C23H23ClN4O3. The van der Waals surface area contributed by atoms with Crippen molar-refractivity contribution in [3.8, 4) is 11.3 Å². The molecule has 7 nitrogen and oxygen atoms in total. The number of likely N-dealkylation sites (tertiary alicyclic amines) is 1. The van der Waals surface area contributed by atoms with Gasteiger partial charge in [0.25, 0.3) is 0 Å². The van der Waals surface area contributed by atoms with Crippen LogP contribution in [0, 0.1) is 5.92 Å². The average Bonchev–Trinajstić information content (AvgIpc) is 3.27. The van der Waals surface area contributed by atoms with E-state index in [1.807, 2.05) is 23.1 Å². The van der Waals surface area contributed by atoms with E-state index < -0.39 is 0 Å². The quantitative estimate of drug-likeness (QED) is 0.623. The van der Waals surface area contributed by atoms with Gasteiger partial charge in [0.15, 0.2) is 11.7 Å². The number of anilines is 1. The first-order chi connectivity index (χ1) is 15.1. The van der Waals surface area contributed by atoms with Gasteiger partial charge in [-0.15, -0.1) is 0 Å². The van der Waals surface area contributed by atoms with Gasteiger partial charge in [0.05, 0.1) is 11.2 Å². The van der Waals surface area contributed by atoms with Crippen LogP contribution in [-0.4, -0.2) is 39.8 Å². The highest BCUT2D eigenvalue weighted by molar-refractivity contribution is 6.33. The highest BCUT2D eigenvalue weighted by Crippen LogP contribution is 2.28. The van der Waals surface area contributed by atoms with Crippen LogP contribution in [0.15, 0.2) is 59.4 Å². The van der Waals surface area contributed by atoms with Crippen LogP contribution in [0.4, 0.5) is 5.69 Å². The van der Waals surface area contributed by atoms with Gasteiger partial charge in [0, 0.05) is 55.5 Å². The molecule has 1 saturated heterocycles. The van der Waals surface area contributed by atoms with E-state index in [1.54, 1.807) is 36.8 Å². The molecule has 0 unspecified atom stereocenters. The molecule has 0 atom stereocenters. The number of carbonyl (C=O) groups excluding carboxylic acids is 2. The highest BCUT2D eigenvalue weighted by Gasteiger charge is 2.27.